The van der Waals surface area contributed by atoms with Crippen LogP contribution in [0.3, 0.4) is 0 Å². The second-order valence-electron chi connectivity index (χ2n) is 2.80. The molecule has 0 aliphatic rings. The molecule has 4 nitrogen and oxygen atoms in total. The molecule has 0 saturated heterocycles. The summed E-state index contributed by atoms with van der Waals surface area (Å²) in [4.78, 5) is 0. The van der Waals surface area contributed by atoms with Crippen LogP contribution in [0.1, 0.15) is 13.8 Å². The van der Waals surface area contributed by atoms with Gasteiger partial charge in [0.15, 0.2) is 0 Å². The van der Waals surface area contributed by atoms with Crippen LogP contribution in [0, 0.1) is 0 Å². The van der Waals surface area contributed by atoms with Crippen molar-refractivity contribution in [2.45, 2.75) is 19.9 Å². The summed E-state index contributed by atoms with van der Waals surface area (Å²) < 4.78 is 1.67. The van der Waals surface area contributed by atoms with E-state index in [2.05, 4.69) is 5.43 Å². The SMILES string of the molecule is CC(C)Nn1c(N)ccc1N. The fourth-order valence-corrected chi connectivity index (χ4v) is 0.876. The largest absolute Gasteiger partial charge is 0.384 e. The minimum absolute atomic E-state index is 0.326. The molecule has 1 aromatic rings. The Hall–Kier alpha value is -1.32. The monoisotopic (exact) mass is 154 g/mol. The molecule has 1 aromatic heterocycles. The van der Waals surface area contributed by atoms with Crippen LogP contribution in [-0.2, 0) is 0 Å². The Morgan fingerprint density at radius 3 is 2.09 bits per heavy atom. The number of anilines is 2. The molecule has 4 heteroatoms. The summed E-state index contributed by atoms with van der Waals surface area (Å²) >= 11 is 0. The molecule has 0 aliphatic heterocycles. The highest BCUT2D eigenvalue weighted by atomic mass is 15.5. The Morgan fingerprint density at radius 2 is 1.73 bits per heavy atom. The highest BCUT2D eigenvalue weighted by Crippen LogP contribution is 2.10. The van der Waals surface area contributed by atoms with Gasteiger partial charge in [-0.15, -0.1) is 0 Å². The summed E-state index contributed by atoms with van der Waals surface area (Å²) in [6, 6.07) is 3.86. The van der Waals surface area contributed by atoms with Crippen molar-refractivity contribution >= 4 is 11.6 Å². The Bertz CT molecular complexity index is 219. The van der Waals surface area contributed by atoms with Gasteiger partial charge in [-0.2, -0.15) is 0 Å². The summed E-state index contributed by atoms with van der Waals surface area (Å²) in [5.74, 6) is 1.27. The van der Waals surface area contributed by atoms with Crippen molar-refractivity contribution in [3.8, 4) is 0 Å². The Balaban J connectivity index is 2.83. The molecular weight excluding hydrogens is 140 g/mol. The maximum atomic E-state index is 5.61. The van der Waals surface area contributed by atoms with Crippen LogP contribution in [0.15, 0.2) is 12.1 Å². The highest BCUT2D eigenvalue weighted by molar-refractivity contribution is 5.46. The topological polar surface area (TPSA) is 69.0 Å². The van der Waals surface area contributed by atoms with Gasteiger partial charge in [0.05, 0.1) is 0 Å². The Morgan fingerprint density at radius 1 is 1.27 bits per heavy atom. The van der Waals surface area contributed by atoms with Gasteiger partial charge in [-0.05, 0) is 26.0 Å². The third kappa shape index (κ3) is 1.58. The number of nitrogens with one attached hydrogen (secondary N) is 1. The predicted octanol–water partition coefficient (Wildman–Crippen LogP) is 0.604. The van der Waals surface area contributed by atoms with Gasteiger partial charge in [0, 0.05) is 6.04 Å². The van der Waals surface area contributed by atoms with E-state index in [1.54, 1.807) is 16.8 Å². The minimum atomic E-state index is 0.326. The third-order valence-electron chi connectivity index (χ3n) is 1.33. The molecule has 5 N–H and O–H groups in total. The molecule has 0 amide bonds. The van der Waals surface area contributed by atoms with Crippen LogP contribution < -0.4 is 16.9 Å². The fraction of sp³-hybridized carbons (Fsp3) is 0.429. The standard InChI is InChI=1S/C7H14N4/c1-5(2)10-11-6(8)3-4-7(11)9/h3-5,10H,8-9H2,1-2H3. The van der Waals surface area contributed by atoms with Gasteiger partial charge in [0.1, 0.15) is 11.6 Å². The van der Waals surface area contributed by atoms with E-state index in [4.69, 9.17) is 11.5 Å². The Kier molecular flexibility index (Phi) is 1.94. The van der Waals surface area contributed by atoms with Gasteiger partial charge in [-0.3, -0.25) is 0 Å². The quantitative estimate of drug-likeness (QED) is 0.584. The second-order valence-corrected chi connectivity index (χ2v) is 2.80. The maximum absolute atomic E-state index is 5.61. The van der Waals surface area contributed by atoms with E-state index in [0.29, 0.717) is 17.7 Å². The van der Waals surface area contributed by atoms with Crippen molar-refractivity contribution in [2.24, 2.45) is 0 Å². The number of nitrogens with two attached hydrogens (primary N) is 2. The van der Waals surface area contributed by atoms with Crippen molar-refractivity contribution in [3.05, 3.63) is 12.1 Å². The molecule has 1 heterocycles. The maximum Gasteiger partial charge on any atom is 0.124 e. The lowest BCUT2D eigenvalue weighted by molar-refractivity contribution is 0.752. The number of aromatic nitrogens is 1. The lowest BCUT2D eigenvalue weighted by atomic mass is 10.4. The van der Waals surface area contributed by atoms with Crippen LogP contribution in [0.2, 0.25) is 0 Å². The molecule has 11 heavy (non-hydrogen) atoms. The first-order chi connectivity index (χ1) is 5.11. The van der Waals surface area contributed by atoms with Gasteiger partial charge in [-0.1, -0.05) is 0 Å². The van der Waals surface area contributed by atoms with Gasteiger partial charge in [-0.25, -0.2) is 4.68 Å². The smallest absolute Gasteiger partial charge is 0.124 e. The Labute approximate surface area is 66.1 Å². The number of hydrogen-bond acceptors (Lipinski definition) is 3. The van der Waals surface area contributed by atoms with E-state index in [1.807, 2.05) is 13.8 Å². The van der Waals surface area contributed by atoms with E-state index in [1.165, 1.54) is 0 Å². The van der Waals surface area contributed by atoms with Gasteiger partial charge in [0.25, 0.3) is 0 Å². The highest BCUT2D eigenvalue weighted by Gasteiger charge is 2.01. The molecule has 0 unspecified atom stereocenters. The zero-order valence-electron chi connectivity index (χ0n) is 6.83. The van der Waals surface area contributed by atoms with E-state index in [0.717, 1.165) is 0 Å². The van der Waals surface area contributed by atoms with Crippen molar-refractivity contribution < 1.29 is 0 Å². The zero-order chi connectivity index (χ0) is 8.43. The molecule has 0 spiro atoms. The van der Waals surface area contributed by atoms with Gasteiger partial charge in [0.2, 0.25) is 0 Å². The number of nitrogens with zero attached hydrogens (tertiary/aromatic N) is 1. The fourth-order valence-electron chi connectivity index (χ4n) is 0.876. The lowest BCUT2D eigenvalue weighted by Gasteiger charge is -2.14. The molecule has 0 radical (unpaired) electrons. The summed E-state index contributed by atoms with van der Waals surface area (Å²) in [6.07, 6.45) is 0. The summed E-state index contributed by atoms with van der Waals surface area (Å²) in [5, 5.41) is 0. The first kappa shape index (κ1) is 7.78. The van der Waals surface area contributed by atoms with E-state index in [-0.39, 0.29) is 0 Å². The van der Waals surface area contributed by atoms with Crippen molar-refractivity contribution in [3.63, 3.8) is 0 Å². The average molecular weight is 154 g/mol. The van der Waals surface area contributed by atoms with Gasteiger partial charge < -0.3 is 16.9 Å². The van der Waals surface area contributed by atoms with Crippen molar-refractivity contribution in [1.29, 1.82) is 0 Å². The van der Waals surface area contributed by atoms with E-state index >= 15 is 0 Å². The van der Waals surface area contributed by atoms with E-state index < -0.39 is 0 Å². The van der Waals surface area contributed by atoms with E-state index in [9.17, 15) is 0 Å². The van der Waals surface area contributed by atoms with Crippen LogP contribution in [0.4, 0.5) is 11.6 Å². The van der Waals surface area contributed by atoms with Gasteiger partial charge >= 0.3 is 0 Å². The van der Waals surface area contributed by atoms with Crippen LogP contribution in [0.25, 0.3) is 0 Å². The molecule has 62 valence electrons. The predicted molar refractivity (Wildman–Crippen MR) is 47.8 cm³/mol. The number of nitrogen functional groups attached to an aromatic ring is 2. The molecule has 0 fully saturated rings. The third-order valence-corrected chi connectivity index (χ3v) is 1.33. The first-order valence-corrected chi connectivity index (χ1v) is 3.60. The second kappa shape index (κ2) is 2.74. The molecule has 0 saturated carbocycles. The molecule has 0 bridgehead atoms. The summed E-state index contributed by atoms with van der Waals surface area (Å²) in [6.45, 7) is 4.05. The minimum Gasteiger partial charge on any atom is -0.384 e. The van der Waals surface area contributed by atoms with Crippen molar-refractivity contribution in [1.82, 2.24) is 4.68 Å². The summed E-state index contributed by atoms with van der Waals surface area (Å²) in [7, 11) is 0. The normalized spacial score (nSPS) is 10.5. The van der Waals surface area contributed by atoms with Crippen LogP contribution >= 0.6 is 0 Å². The first-order valence-electron chi connectivity index (χ1n) is 3.60. The molecule has 0 aliphatic carbocycles. The zero-order valence-corrected chi connectivity index (χ0v) is 6.83. The molecular formula is C7H14N4. The molecule has 1 rings (SSSR count). The van der Waals surface area contributed by atoms with Crippen LogP contribution in [0.5, 0.6) is 0 Å². The van der Waals surface area contributed by atoms with Crippen molar-refractivity contribution in [2.75, 3.05) is 16.9 Å². The average Bonchev–Trinajstić information content (AvgIpc) is 2.18. The molecule has 0 aromatic carbocycles. The summed E-state index contributed by atoms with van der Waals surface area (Å²) in [5.41, 5.74) is 14.3. The number of hydrogen-bond donors (Lipinski definition) is 3. The number of rotatable bonds is 2. The van der Waals surface area contributed by atoms with Crippen LogP contribution in [-0.4, -0.2) is 10.7 Å². The molecule has 0 atom stereocenters. The lowest BCUT2D eigenvalue weighted by Crippen LogP contribution is -2.24.